The third-order valence-corrected chi connectivity index (χ3v) is 12.5. The van der Waals surface area contributed by atoms with E-state index < -0.39 is 0 Å². The number of rotatable bonds is 6. The van der Waals surface area contributed by atoms with Gasteiger partial charge in [-0.25, -0.2) is 15.0 Å². The van der Waals surface area contributed by atoms with Crippen molar-refractivity contribution in [3.8, 4) is 51.2 Å². The van der Waals surface area contributed by atoms with Crippen molar-refractivity contribution in [1.29, 1.82) is 0 Å². The highest BCUT2D eigenvalue weighted by Crippen LogP contribution is 2.43. The summed E-state index contributed by atoms with van der Waals surface area (Å²) in [5.74, 6) is 1.92. The second-order valence-electron chi connectivity index (χ2n) is 16.0. The van der Waals surface area contributed by atoms with Crippen molar-refractivity contribution in [1.82, 2.24) is 28.7 Å². The number of para-hydroxylation sites is 4. The lowest BCUT2D eigenvalue weighted by atomic mass is 10.1. The van der Waals surface area contributed by atoms with Gasteiger partial charge in [-0.1, -0.05) is 146 Å². The van der Waals surface area contributed by atoms with E-state index in [-0.39, 0.29) is 0 Å². The number of nitrogens with zero attached hydrogens (tertiary/aromatic N) is 6. The largest absolute Gasteiger partial charge is 0.309 e. The van der Waals surface area contributed by atoms with Crippen LogP contribution in [0.15, 0.2) is 218 Å². The Balaban J connectivity index is 1.02. The van der Waals surface area contributed by atoms with Crippen molar-refractivity contribution < 1.29 is 0 Å². The summed E-state index contributed by atoms with van der Waals surface area (Å²) in [4.78, 5) is 15.0. The Labute approximate surface area is 362 Å². The first-order valence-corrected chi connectivity index (χ1v) is 21.3. The average molecular weight is 805 g/mol. The molecule has 0 atom stereocenters. The monoisotopic (exact) mass is 804 g/mol. The summed E-state index contributed by atoms with van der Waals surface area (Å²) in [5.41, 5.74) is 13.1. The Bertz CT molecular complexity index is 3820. The molecule has 9 aromatic carbocycles. The highest BCUT2D eigenvalue weighted by Gasteiger charge is 2.22. The van der Waals surface area contributed by atoms with Gasteiger partial charge in [-0.05, 0) is 72.8 Å². The summed E-state index contributed by atoms with van der Waals surface area (Å²) in [6, 6.07) is 77.4. The highest BCUT2D eigenvalue weighted by atomic mass is 15.0. The third kappa shape index (κ3) is 5.48. The molecule has 0 bridgehead atoms. The molecule has 0 amide bonds. The first kappa shape index (κ1) is 35.2. The molecule has 0 aliphatic rings. The molecule has 0 saturated carbocycles. The first-order valence-electron chi connectivity index (χ1n) is 21.3. The molecule has 13 aromatic rings. The van der Waals surface area contributed by atoms with Crippen LogP contribution in [-0.2, 0) is 0 Å². The van der Waals surface area contributed by atoms with Gasteiger partial charge in [-0.15, -0.1) is 0 Å². The molecular formula is C57H36N6. The molecule has 0 aliphatic carbocycles. The van der Waals surface area contributed by atoms with Crippen LogP contribution in [0.4, 0.5) is 0 Å². The normalized spacial score (nSPS) is 11.8. The predicted octanol–water partition coefficient (Wildman–Crippen LogP) is 14.2. The van der Waals surface area contributed by atoms with Crippen LogP contribution in [0, 0.1) is 0 Å². The molecule has 0 unspecified atom stereocenters. The van der Waals surface area contributed by atoms with E-state index in [4.69, 9.17) is 15.0 Å². The molecule has 6 nitrogen and oxygen atoms in total. The number of hydrogen-bond acceptors (Lipinski definition) is 3. The lowest BCUT2D eigenvalue weighted by molar-refractivity contribution is 1.07. The molecule has 13 rings (SSSR count). The van der Waals surface area contributed by atoms with Gasteiger partial charge in [0.1, 0.15) is 0 Å². The maximum absolute atomic E-state index is 5.02. The summed E-state index contributed by atoms with van der Waals surface area (Å²) in [7, 11) is 0. The van der Waals surface area contributed by atoms with Crippen LogP contribution < -0.4 is 0 Å². The maximum Gasteiger partial charge on any atom is 0.164 e. The molecule has 0 spiro atoms. The summed E-state index contributed by atoms with van der Waals surface area (Å²) < 4.78 is 7.27. The third-order valence-electron chi connectivity index (χ3n) is 12.5. The standard InChI is InChI=1S/C57H36N6/c1-4-16-37(17-5-1)55-58-56(38-18-6-2-7-19-38)60-57(59-55)39-28-30-41(31-29-39)63-49-26-14-11-23-44(49)46-34-35-51-53(54(46)63)47-24-12-15-27-50(47)62(51)42-32-33-45-43-22-10-13-25-48(43)61(52(45)36-42)40-20-8-3-9-21-40/h1-36H. The lowest BCUT2D eigenvalue weighted by Gasteiger charge is -2.12. The molecule has 0 saturated heterocycles. The Hall–Kier alpha value is -8.61. The van der Waals surface area contributed by atoms with Gasteiger partial charge in [-0.2, -0.15) is 0 Å². The zero-order valence-corrected chi connectivity index (χ0v) is 34.0. The van der Waals surface area contributed by atoms with E-state index in [1.54, 1.807) is 0 Å². The molecule has 0 aliphatic heterocycles. The van der Waals surface area contributed by atoms with Crippen LogP contribution in [0.25, 0.3) is 117 Å². The molecule has 63 heavy (non-hydrogen) atoms. The molecule has 0 fully saturated rings. The number of aromatic nitrogens is 6. The fourth-order valence-corrected chi connectivity index (χ4v) is 9.71. The van der Waals surface area contributed by atoms with Crippen LogP contribution in [0.5, 0.6) is 0 Å². The van der Waals surface area contributed by atoms with E-state index in [9.17, 15) is 0 Å². The van der Waals surface area contributed by atoms with Gasteiger partial charge in [0.15, 0.2) is 17.5 Å². The number of fused-ring (bicyclic) bond motifs is 10. The molecule has 0 radical (unpaired) electrons. The second-order valence-corrected chi connectivity index (χ2v) is 16.0. The molecular weight excluding hydrogens is 769 g/mol. The van der Waals surface area contributed by atoms with Gasteiger partial charge in [0, 0.05) is 66.1 Å². The van der Waals surface area contributed by atoms with Crippen LogP contribution in [0.2, 0.25) is 0 Å². The fourth-order valence-electron chi connectivity index (χ4n) is 9.71. The smallest absolute Gasteiger partial charge is 0.164 e. The summed E-state index contributed by atoms with van der Waals surface area (Å²) in [5, 5.41) is 7.31. The Morgan fingerprint density at radius 2 is 0.667 bits per heavy atom. The Morgan fingerprint density at radius 3 is 1.29 bits per heavy atom. The average Bonchev–Trinajstić information content (AvgIpc) is 4.00. The van der Waals surface area contributed by atoms with Crippen molar-refractivity contribution in [2.24, 2.45) is 0 Å². The van der Waals surface area contributed by atoms with E-state index in [0.717, 1.165) is 50.3 Å². The quantitative estimate of drug-likeness (QED) is 0.168. The number of benzene rings is 9. The molecule has 0 N–H and O–H groups in total. The van der Waals surface area contributed by atoms with Crippen molar-refractivity contribution in [3.05, 3.63) is 218 Å². The highest BCUT2D eigenvalue weighted by molar-refractivity contribution is 6.26. The Kier molecular flexibility index (Phi) is 7.80. The van der Waals surface area contributed by atoms with E-state index >= 15 is 0 Å². The van der Waals surface area contributed by atoms with Crippen LogP contribution in [-0.4, -0.2) is 28.7 Å². The SMILES string of the molecule is c1ccc(-c2nc(-c3ccccc3)nc(-c3ccc(-n4c5ccccc5c5ccc6c(c7ccccc7n6-c6ccc7c8ccccc8n(-c8ccccc8)c7c6)c54)cc3)n2)cc1. The van der Waals surface area contributed by atoms with Gasteiger partial charge >= 0.3 is 0 Å². The maximum atomic E-state index is 5.02. The topological polar surface area (TPSA) is 53.5 Å². The van der Waals surface area contributed by atoms with Gasteiger partial charge in [0.05, 0.1) is 33.1 Å². The van der Waals surface area contributed by atoms with Gasteiger partial charge in [0.2, 0.25) is 0 Å². The second kappa shape index (κ2) is 14.0. The van der Waals surface area contributed by atoms with Crippen LogP contribution in [0.3, 0.4) is 0 Å². The molecule has 294 valence electrons. The molecule has 4 aromatic heterocycles. The van der Waals surface area contributed by atoms with Crippen LogP contribution >= 0.6 is 0 Å². The Morgan fingerprint density at radius 1 is 0.254 bits per heavy atom. The minimum atomic E-state index is 0.630. The molecule has 6 heteroatoms. The van der Waals surface area contributed by atoms with E-state index in [1.165, 1.54) is 48.9 Å². The minimum Gasteiger partial charge on any atom is -0.309 e. The van der Waals surface area contributed by atoms with Gasteiger partial charge < -0.3 is 13.7 Å². The predicted molar refractivity (Wildman–Crippen MR) is 259 cm³/mol. The van der Waals surface area contributed by atoms with E-state index in [2.05, 4.69) is 171 Å². The lowest BCUT2D eigenvalue weighted by Crippen LogP contribution is -2.00. The van der Waals surface area contributed by atoms with E-state index in [1.807, 2.05) is 60.7 Å². The molecule has 4 heterocycles. The first-order chi connectivity index (χ1) is 31.3. The summed E-state index contributed by atoms with van der Waals surface area (Å²) >= 11 is 0. The zero-order chi connectivity index (χ0) is 41.4. The summed E-state index contributed by atoms with van der Waals surface area (Å²) in [6.45, 7) is 0. The fraction of sp³-hybridized carbons (Fsp3) is 0. The van der Waals surface area contributed by atoms with Crippen molar-refractivity contribution >= 4 is 65.4 Å². The van der Waals surface area contributed by atoms with E-state index in [0.29, 0.717) is 17.5 Å². The van der Waals surface area contributed by atoms with Gasteiger partial charge in [-0.3, -0.25) is 0 Å². The summed E-state index contributed by atoms with van der Waals surface area (Å²) in [6.07, 6.45) is 0. The minimum absolute atomic E-state index is 0.630. The van der Waals surface area contributed by atoms with Gasteiger partial charge in [0.25, 0.3) is 0 Å². The zero-order valence-electron chi connectivity index (χ0n) is 34.0. The number of hydrogen-bond donors (Lipinski definition) is 0. The van der Waals surface area contributed by atoms with Crippen molar-refractivity contribution in [2.45, 2.75) is 0 Å². The van der Waals surface area contributed by atoms with Crippen LogP contribution in [0.1, 0.15) is 0 Å². The van der Waals surface area contributed by atoms with Crippen molar-refractivity contribution in [3.63, 3.8) is 0 Å². The van der Waals surface area contributed by atoms with Crippen molar-refractivity contribution in [2.75, 3.05) is 0 Å².